The van der Waals surface area contributed by atoms with E-state index in [1.54, 1.807) is 0 Å². The van der Waals surface area contributed by atoms with Crippen LogP contribution in [0.2, 0.25) is 0 Å². The average molecular weight is 198 g/mol. The first kappa shape index (κ1) is 12.6. The van der Waals surface area contributed by atoms with Crippen molar-refractivity contribution in [1.29, 1.82) is 0 Å². The SMILES string of the molecule is CCN(CC)CC[S-].[Zn+2]. The second-order valence-corrected chi connectivity index (χ2v) is 2.14. The smallest absolute Gasteiger partial charge is 0.791 e. The maximum atomic E-state index is 4.82. The van der Waals surface area contributed by atoms with Gasteiger partial charge in [-0.2, -0.15) is 5.75 Å². The molecule has 0 fully saturated rings. The van der Waals surface area contributed by atoms with Gasteiger partial charge in [0.05, 0.1) is 0 Å². The minimum atomic E-state index is 0. The van der Waals surface area contributed by atoms with Crippen molar-refractivity contribution < 1.29 is 19.5 Å². The Balaban J connectivity index is 0. The summed E-state index contributed by atoms with van der Waals surface area (Å²) in [4.78, 5) is 2.33. The summed E-state index contributed by atoms with van der Waals surface area (Å²) >= 11 is 4.82. The largest absolute Gasteiger partial charge is 2.00 e. The fourth-order valence-corrected chi connectivity index (χ4v) is 0.927. The molecule has 0 aromatic rings. The van der Waals surface area contributed by atoms with E-state index < -0.39 is 0 Å². The molecule has 0 bridgehead atoms. The van der Waals surface area contributed by atoms with Crippen molar-refractivity contribution in [2.24, 2.45) is 0 Å². The molecule has 0 N–H and O–H groups in total. The standard InChI is InChI=1S/C6H15NS.Zn/c1-3-7(4-2)5-6-8;/h8H,3-6H2,1-2H3;/q;+2/p-1. The van der Waals surface area contributed by atoms with E-state index in [0.29, 0.717) is 0 Å². The third kappa shape index (κ3) is 6.82. The first-order valence-electron chi connectivity index (χ1n) is 3.15. The molecule has 0 aromatic carbocycles. The summed E-state index contributed by atoms with van der Waals surface area (Å²) in [5, 5.41) is 0. The summed E-state index contributed by atoms with van der Waals surface area (Å²) in [5.41, 5.74) is 0. The summed E-state index contributed by atoms with van der Waals surface area (Å²) in [6, 6.07) is 0. The molecule has 50 valence electrons. The molecule has 0 aliphatic carbocycles. The van der Waals surface area contributed by atoms with Gasteiger partial charge in [-0.05, 0) is 19.6 Å². The van der Waals surface area contributed by atoms with E-state index in [1.807, 2.05) is 0 Å². The predicted octanol–water partition coefficient (Wildman–Crippen LogP) is 0.873. The zero-order valence-electron chi connectivity index (χ0n) is 6.39. The van der Waals surface area contributed by atoms with Gasteiger partial charge in [-0.25, -0.2) is 0 Å². The van der Waals surface area contributed by atoms with E-state index in [4.69, 9.17) is 12.6 Å². The van der Waals surface area contributed by atoms with Crippen LogP contribution in [-0.4, -0.2) is 30.3 Å². The molecule has 0 aliphatic heterocycles. The Morgan fingerprint density at radius 1 is 1.22 bits per heavy atom. The van der Waals surface area contributed by atoms with Crippen LogP contribution in [0.25, 0.3) is 0 Å². The van der Waals surface area contributed by atoms with Gasteiger partial charge in [0.25, 0.3) is 0 Å². The third-order valence-electron chi connectivity index (χ3n) is 1.30. The molecule has 3 heteroatoms. The van der Waals surface area contributed by atoms with Crippen molar-refractivity contribution in [3.63, 3.8) is 0 Å². The topological polar surface area (TPSA) is 3.24 Å². The van der Waals surface area contributed by atoms with Crippen molar-refractivity contribution >= 4 is 12.6 Å². The van der Waals surface area contributed by atoms with Gasteiger partial charge in [0.15, 0.2) is 0 Å². The van der Waals surface area contributed by atoms with Crippen LogP contribution in [0.1, 0.15) is 13.8 Å². The van der Waals surface area contributed by atoms with E-state index in [-0.39, 0.29) is 19.5 Å². The van der Waals surface area contributed by atoms with E-state index in [0.717, 1.165) is 25.4 Å². The van der Waals surface area contributed by atoms with Crippen LogP contribution in [0, 0.1) is 0 Å². The van der Waals surface area contributed by atoms with Gasteiger partial charge in [0, 0.05) is 0 Å². The van der Waals surface area contributed by atoms with Crippen LogP contribution in [0.4, 0.5) is 0 Å². The van der Waals surface area contributed by atoms with E-state index in [2.05, 4.69) is 18.7 Å². The Morgan fingerprint density at radius 3 is 1.78 bits per heavy atom. The minimum absolute atomic E-state index is 0. The van der Waals surface area contributed by atoms with Crippen molar-refractivity contribution in [2.75, 3.05) is 25.4 Å². The zero-order chi connectivity index (χ0) is 6.41. The summed E-state index contributed by atoms with van der Waals surface area (Å²) in [6.07, 6.45) is 0. The molecule has 9 heavy (non-hydrogen) atoms. The van der Waals surface area contributed by atoms with E-state index in [1.165, 1.54) is 0 Å². The predicted molar refractivity (Wildman–Crippen MR) is 40.0 cm³/mol. The molecule has 0 atom stereocenters. The Labute approximate surface area is 76.4 Å². The van der Waals surface area contributed by atoms with Crippen molar-refractivity contribution in [3.05, 3.63) is 0 Å². The van der Waals surface area contributed by atoms with Crippen LogP contribution in [0.3, 0.4) is 0 Å². The third-order valence-corrected chi connectivity index (χ3v) is 1.48. The zero-order valence-corrected chi connectivity index (χ0v) is 10.2. The van der Waals surface area contributed by atoms with Gasteiger partial charge >= 0.3 is 19.5 Å². The molecular weight excluding hydrogens is 184 g/mol. The molecule has 0 rings (SSSR count). The van der Waals surface area contributed by atoms with Gasteiger partial charge in [-0.15, -0.1) is 0 Å². The van der Waals surface area contributed by atoms with E-state index in [9.17, 15) is 0 Å². The molecule has 1 nitrogen and oxygen atoms in total. The summed E-state index contributed by atoms with van der Waals surface area (Å²) in [6.45, 7) is 7.66. The van der Waals surface area contributed by atoms with Gasteiger partial charge < -0.3 is 17.5 Å². The Morgan fingerprint density at radius 2 is 1.67 bits per heavy atom. The van der Waals surface area contributed by atoms with Gasteiger partial charge in [-0.1, -0.05) is 13.8 Å². The Kier molecular flexibility index (Phi) is 12.5. The Hall–Kier alpha value is 0.933. The summed E-state index contributed by atoms with van der Waals surface area (Å²) in [7, 11) is 0. The second-order valence-electron chi connectivity index (χ2n) is 1.73. The molecular formula is C6H14NSZn+. The Bertz CT molecular complexity index is 48.3. The first-order valence-corrected chi connectivity index (χ1v) is 3.73. The maximum Gasteiger partial charge on any atom is 2.00 e. The van der Waals surface area contributed by atoms with Crippen LogP contribution in [0.5, 0.6) is 0 Å². The molecule has 0 saturated carbocycles. The molecule has 0 unspecified atom stereocenters. The van der Waals surface area contributed by atoms with Gasteiger partial charge in [-0.3, -0.25) is 0 Å². The summed E-state index contributed by atoms with van der Waals surface area (Å²) < 4.78 is 0. The molecule has 0 heterocycles. The fourth-order valence-electron chi connectivity index (χ4n) is 0.669. The fraction of sp³-hybridized carbons (Fsp3) is 1.00. The quantitative estimate of drug-likeness (QED) is 0.486. The van der Waals surface area contributed by atoms with Crippen molar-refractivity contribution in [2.45, 2.75) is 13.8 Å². The summed E-state index contributed by atoms with van der Waals surface area (Å²) in [5.74, 6) is 0.863. The molecule has 0 aromatic heterocycles. The molecule has 0 saturated heterocycles. The maximum absolute atomic E-state index is 4.82. The second kappa shape index (κ2) is 8.93. The van der Waals surface area contributed by atoms with Crippen LogP contribution >= 0.6 is 0 Å². The first-order chi connectivity index (χ1) is 3.85. The van der Waals surface area contributed by atoms with Crippen LogP contribution < -0.4 is 0 Å². The van der Waals surface area contributed by atoms with E-state index >= 15 is 0 Å². The van der Waals surface area contributed by atoms with Crippen LogP contribution in [-0.2, 0) is 32.1 Å². The molecule has 0 aliphatic rings. The molecule has 0 amide bonds. The normalized spacial score (nSPS) is 9.33. The van der Waals surface area contributed by atoms with Gasteiger partial charge in [0.2, 0.25) is 0 Å². The number of nitrogens with zero attached hydrogens (tertiary/aromatic N) is 1. The number of rotatable bonds is 4. The average Bonchev–Trinajstić information content (AvgIpc) is 1.83. The van der Waals surface area contributed by atoms with Gasteiger partial charge in [0.1, 0.15) is 0 Å². The molecule has 0 spiro atoms. The number of hydrogen-bond donors (Lipinski definition) is 0. The van der Waals surface area contributed by atoms with Crippen LogP contribution in [0.15, 0.2) is 0 Å². The molecule has 0 radical (unpaired) electrons. The van der Waals surface area contributed by atoms with Crippen molar-refractivity contribution in [1.82, 2.24) is 4.90 Å². The monoisotopic (exact) mass is 196 g/mol. The number of hydrogen-bond acceptors (Lipinski definition) is 2. The van der Waals surface area contributed by atoms with Crippen molar-refractivity contribution in [3.8, 4) is 0 Å². The minimum Gasteiger partial charge on any atom is -0.791 e.